The van der Waals surface area contributed by atoms with Crippen LogP contribution in [-0.4, -0.2) is 52.3 Å². The van der Waals surface area contributed by atoms with Crippen molar-refractivity contribution in [2.45, 2.75) is 51.7 Å². The number of aromatic nitrogens is 1. The molecule has 152 valence electrons. The highest BCUT2D eigenvalue weighted by Gasteiger charge is 2.40. The number of rotatable bonds is 5. The second kappa shape index (κ2) is 7.14. The molecule has 3 N–H and O–H groups in total. The summed E-state index contributed by atoms with van der Waals surface area (Å²) in [4.78, 5) is 4.60. The molecule has 0 radical (unpaired) electrons. The molecule has 0 bridgehead atoms. The fourth-order valence-corrected chi connectivity index (χ4v) is 4.96. The second-order valence-corrected chi connectivity index (χ2v) is 8.65. The molecule has 1 aromatic heterocycles. The molecule has 9 heteroatoms. The van der Waals surface area contributed by atoms with E-state index in [1.165, 1.54) is 30.4 Å². The van der Waals surface area contributed by atoms with E-state index in [-0.39, 0.29) is 0 Å². The van der Waals surface area contributed by atoms with Gasteiger partial charge in [0.1, 0.15) is 18.0 Å². The zero-order valence-corrected chi connectivity index (χ0v) is 17.7. The first-order valence-corrected chi connectivity index (χ1v) is 10.9. The van der Waals surface area contributed by atoms with E-state index in [0.717, 1.165) is 51.7 Å². The van der Waals surface area contributed by atoms with E-state index in [2.05, 4.69) is 14.7 Å². The smallest absolute Gasteiger partial charge is 0.160 e. The number of methoxy groups -OCH3 is 1. The Kier molecular flexibility index (Phi) is 4.59. The van der Waals surface area contributed by atoms with Gasteiger partial charge >= 0.3 is 0 Å². The van der Waals surface area contributed by atoms with Gasteiger partial charge in [-0.1, -0.05) is 0 Å². The van der Waals surface area contributed by atoms with E-state index < -0.39 is 0 Å². The molecule has 0 amide bonds. The lowest BCUT2D eigenvalue weighted by Gasteiger charge is -2.23. The summed E-state index contributed by atoms with van der Waals surface area (Å²) in [6, 6.07) is 0.929. The molecule has 1 atom stereocenters. The third-order valence-electron chi connectivity index (χ3n) is 5.80. The molecule has 0 saturated heterocycles. The average molecular weight is 412 g/mol. The quantitative estimate of drug-likeness (QED) is 0.720. The van der Waals surface area contributed by atoms with Crippen molar-refractivity contribution in [1.29, 1.82) is 0 Å². The van der Waals surface area contributed by atoms with Gasteiger partial charge in [-0.3, -0.25) is 4.98 Å². The number of nitrogens with zero attached hydrogens (tertiary/aromatic N) is 5. The first-order chi connectivity index (χ1) is 14.0. The Hall–Kier alpha value is -2.39. The Labute approximate surface area is 174 Å². The minimum absolute atomic E-state index is 0.300. The number of pyridine rings is 1. The van der Waals surface area contributed by atoms with Crippen molar-refractivity contribution < 1.29 is 4.74 Å². The highest BCUT2D eigenvalue weighted by Crippen LogP contribution is 2.36. The minimum Gasteiger partial charge on any atom is -0.496 e. The topological polar surface area (TPSA) is 100 Å². The van der Waals surface area contributed by atoms with E-state index >= 15 is 0 Å². The van der Waals surface area contributed by atoms with Crippen molar-refractivity contribution in [2.24, 2.45) is 20.3 Å². The summed E-state index contributed by atoms with van der Waals surface area (Å²) in [5.41, 5.74) is 13.4. The van der Waals surface area contributed by atoms with Gasteiger partial charge in [-0.15, -0.1) is 0 Å². The monoisotopic (exact) mass is 411 g/mol. The predicted molar refractivity (Wildman–Crippen MR) is 116 cm³/mol. The van der Waals surface area contributed by atoms with E-state index in [9.17, 15) is 0 Å². The lowest BCUT2D eigenvalue weighted by atomic mass is 10.0. The average Bonchev–Trinajstić information content (AvgIpc) is 3.47. The Balaban J connectivity index is 1.49. The maximum absolute atomic E-state index is 6.28. The van der Waals surface area contributed by atoms with Gasteiger partial charge in [0.25, 0.3) is 0 Å². The SMILES string of the molecule is COc1c(C)cnc(CN2N=C3CC(NC4CC4)C4=C3C(=N2)C(N)=NSC4)c1C. The Morgan fingerprint density at radius 3 is 2.90 bits per heavy atom. The number of aryl methyl sites for hydroxylation is 1. The Bertz CT molecular complexity index is 993. The van der Waals surface area contributed by atoms with Crippen LogP contribution >= 0.6 is 11.9 Å². The first-order valence-electron chi connectivity index (χ1n) is 9.93. The van der Waals surface area contributed by atoms with Crippen molar-refractivity contribution in [3.63, 3.8) is 0 Å². The van der Waals surface area contributed by atoms with Crippen LogP contribution in [0, 0.1) is 13.8 Å². The van der Waals surface area contributed by atoms with E-state index in [1.54, 1.807) is 12.2 Å². The van der Waals surface area contributed by atoms with Crippen molar-refractivity contribution in [1.82, 2.24) is 15.4 Å². The van der Waals surface area contributed by atoms with Crippen LogP contribution in [0.5, 0.6) is 5.75 Å². The molecule has 2 aliphatic heterocycles. The van der Waals surface area contributed by atoms with Gasteiger partial charge < -0.3 is 15.8 Å². The van der Waals surface area contributed by atoms with Gasteiger partial charge in [0.2, 0.25) is 0 Å². The van der Waals surface area contributed by atoms with Crippen LogP contribution in [0.4, 0.5) is 0 Å². The number of ether oxygens (including phenoxy) is 1. The normalized spacial score (nSPS) is 23.3. The summed E-state index contributed by atoms with van der Waals surface area (Å²) in [6.45, 7) is 4.47. The third kappa shape index (κ3) is 3.32. The van der Waals surface area contributed by atoms with Crippen LogP contribution in [0.25, 0.3) is 0 Å². The largest absolute Gasteiger partial charge is 0.496 e. The van der Waals surface area contributed by atoms with Crippen LogP contribution in [0.3, 0.4) is 0 Å². The molecule has 1 aromatic rings. The summed E-state index contributed by atoms with van der Waals surface area (Å²) in [5, 5.41) is 15.1. The maximum atomic E-state index is 6.28. The van der Waals surface area contributed by atoms with Gasteiger partial charge in [0, 0.05) is 47.2 Å². The van der Waals surface area contributed by atoms with Crippen LogP contribution in [0.15, 0.2) is 31.9 Å². The van der Waals surface area contributed by atoms with Crippen LogP contribution in [-0.2, 0) is 6.54 Å². The van der Waals surface area contributed by atoms with Crippen LogP contribution < -0.4 is 15.8 Å². The highest BCUT2D eigenvalue weighted by molar-refractivity contribution is 7.98. The number of amidine groups is 1. The van der Waals surface area contributed by atoms with E-state index in [1.807, 2.05) is 20.0 Å². The molecule has 8 nitrogen and oxygen atoms in total. The summed E-state index contributed by atoms with van der Waals surface area (Å²) in [6.07, 6.45) is 5.21. The predicted octanol–water partition coefficient (Wildman–Crippen LogP) is 2.07. The minimum atomic E-state index is 0.300. The number of hydrazone groups is 2. The van der Waals surface area contributed by atoms with Crippen molar-refractivity contribution >= 4 is 29.2 Å². The van der Waals surface area contributed by atoms with Crippen LogP contribution in [0.2, 0.25) is 0 Å². The Morgan fingerprint density at radius 2 is 2.14 bits per heavy atom. The number of hydrogen-bond donors (Lipinski definition) is 2. The molecule has 5 rings (SSSR count). The van der Waals surface area contributed by atoms with Gasteiger partial charge in [0.05, 0.1) is 18.5 Å². The van der Waals surface area contributed by atoms with E-state index in [4.69, 9.17) is 20.7 Å². The van der Waals surface area contributed by atoms with E-state index in [0.29, 0.717) is 24.5 Å². The lowest BCUT2D eigenvalue weighted by molar-refractivity contribution is 0.288. The molecule has 29 heavy (non-hydrogen) atoms. The standard InChI is InChI=1S/C20H25N7OS/c1-10-7-22-16(11(2)19(10)28-3)8-27-24-15-6-14(23-12-4-5-12)13-9-29-26-20(21)18(25-27)17(13)15/h7,12,14,23H,4-6,8-9H2,1-3H3,(H2,21,26). The number of hydrogen-bond acceptors (Lipinski definition) is 9. The Morgan fingerprint density at radius 1 is 1.31 bits per heavy atom. The van der Waals surface area contributed by atoms with Gasteiger partial charge in [-0.2, -0.15) is 19.7 Å². The maximum Gasteiger partial charge on any atom is 0.160 e. The molecule has 1 fully saturated rings. The van der Waals surface area contributed by atoms with Gasteiger partial charge in [-0.25, -0.2) is 0 Å². The number of nitrogens with one attached hydrogen (secondary N) is 1. The zero-order valence-electron chi connectivity index (χ0n) is 16.9. The van der Waals surface area contributed by atoms with Crippen molar-refractivity contribution in [3.05, 3.63) is 34.2 Å². The summed E-state index contributed by atoms with van der Waals surface area (Å²) in [5.74, 6) is 2.15. The second-order valence-electron chi connectivity index (χ2n) is 7.92. The zero-order chi connectivity index (χ0) is 20.1. The summed E-state index contributed by atoms with van der Waals surface area (Å²) >= 11 is 1.50. The molecule has 2 aliphatic carbocycles. The molecule has 0 spiro atoms. The molecule has 1 saturated carbocycles. The molecule has 0 aromatic carbocycles. The molecule has 1 unspecified atom stereocenters. The summed E-state index contributed by atoms with van der Waals surface area (Å²) < 4.78 is 9.99. The first kappa shape index (κ1) is 18.6. The van der Waals surface area contributed by atoms with Gasteiger partial charge in [-0.05, 0) is 44.2 Å². The molecule has 4 aliphatic rings. The molecular weight excluding hydrogens is 386 g/mol. The fraction of sp³-hybridized carbons (Fsp3) is 0.500. The number of nitrogens with two attached hydrogens (primary N) is 1. The van der Waals surface area contributed by atoms with Crippen LogP contribution in [0.1, 0.15) is 36.1 Å². The highest BCUT2D eigenvalue weighted by atomic mass is 32.2. The lowest BCUT2D eigenvalue weighted by Crippen LogP contribution is -2.34. The van der Waals surface area contributed by atoms with Crippen molar-refractivity contribution in [3.8, 4) is 5.75 Å². The van der Waals surface area contributed by atoms with Crippen molar-refractivity contribution in [2.75, 3.05) is 12.9 Å². The fourth-order valence-electron chi connectivity index (χ4n) is 4.18. The molecular formula is C20H25N7OS. The third-order valence-corrected chi connectivity index (χ3v) is 6.56. The summed E-state index contributed by atoms with van der Waals surface area (Å²) in [7, 11) is 1.69. The molecule has 3 heterocycles. The van der Waals surface area contributed by atoms with Gasteiger partial charge in [0.15, 0.2) is 5.84 Å².